The van der Waals surface area contributed by atoms with Gasteiger partial charge >= 0.3 is 0 Å². The smallest absolute Gasteiger partial charge is 0.233 e. The van der Waals surface area contributed by atoms with Crippen LogP contribution in [0.25, 0.3) is 11.1 Å². The average molecular weight is 331 g/mol. The second-order valence-corrected chi connectivity index (χ2v) is 5.60. The highest BCUT2D eigenvalue weighted by molar-refractivity contribution is 6.31. The van der Waals surface area contributed by atoms with Crippen LogP contribution in [0.4, 0.5) is 5.69 Å². The molecule has 1 heterocycles. The summed E-state index contributed by atoms with van der Waals surface area (Å²) in [6.45, 7) is 3.59. The summed E-state index contributed by atoms with van der Waals surface area (Å²) in [5.74, 6) is 1.05. The van der Waals surface area contributed by atoms with Crippen LogP contribution in [0.2, 0.25) is 5.02 Å². The summed E-state index contributed by atoms with van der Waals surface area (Å²) in [6, 6.07) is 10.7. The molecule has 23 heavy (non-hydrogen) atoms. The van der Waals surface area contributed by atoms with Crippen molar-refractivity contribution in [2.45, 2.75) is 20.5 Å². The van der Waals surface area contributed by atoms with Crippen molar-refractivity contribution < 1.29 is 13.9 Å². The summed E-state index contributed by atoms with van der Waals surface area (Å²) in [7, 11) is 0. The van der Waals surface area contributed by atoms with Crippen LogP contribution in [0.15, 0.2) is 40.8 Å². The van der Waals surface area contributed by atoms with Crippen LogP contribution in [-0.4, -0.2) is 10.9 Å². The highest BCUT2D eigenvalue weighted by Gasteiger charge is 2.08. The number of carbonyl (C=O) groups excluding carboxylic acids is 1. The van der Waals surface area contributed by atoms with Crippen LogP contribution < -0.4 is 10.1 Å². The van der Waals surface area contributed by atoms with Crippen molar-refractivity contribution in [3.8, 4) is 5.75 Å². The normalized spacial score (nSPS) is 10.7. The van der Waals surface area contributed by atoms with Crippen LogP contribution >= 0.6 is 11.6 Å². The summed E-state index contributed by atoms with van der Waals surface area (Å²) in [6.07, 6.45) is 0. The zero-order valence-corrected chi connectivity index (χ0v) is 13.5. The maximum absolute atomic E-state index is 11.1. The standard InChI is InChI=1S/C17H15ClN2O3/c1-10-7-13(4-5-14(10)19-11(2)21)22-9-17-20-15-8-12(18)3-6-16(15)23-17/h3-8H,9H2,1-2H3,(H,19,21). The lowest BCUT2D eigenvalue weighted by atomic mass is 10.2. The van der Waals surface area contributed by atoms with E-state index < -0.39 is 0 Å². The average Bonchev–Trinajstić information content (AvgIpc) is 2.89. The molecule has 0 unspecified atom stereocenters. The number of amides is 1. The number of carbonyl (C=O) groups is 1. The quantitative estimate of drug-likeness (QED) is 0.773. The van der Waals surface area contributed by atoms with Crippen molar-refractivity contribution in [3.63, 3.8) is 0 Å². The molecule has 0 atom stereocenters. The zero-order valence-electron chi connectivity index (χ0n) is 12.7. The first kappa shape index (κ1) is 15.4. The SMILES string of the molecule is CC(=O)Nc1ccc(OCc2nc3cc(Cl)ccc3o2)cc1C. The van der Waals surface area contributed by atoms with E-state index in [4.69, 9.17) is 20.8 Å². The fraction of sp³-hybridized carbons (Fsp3) is 0.176. The molecule has 2 aromatic carbocycles. The number of nitrogens with one attached hydrogen (secondary N) is 1. The third-order valence-corrected chi connectivity index (χ3v) is 3.50. The molecule has 1 N–H and O–H groups in total. The van der Waals surface area contributed by atoms with Crippen molar-refractivity contribution in [1.29, 1.82) is 0 Å². The Morgan fingerprint density at radius 1 is 1.30 bits per heavy atom. The van der Waals surface area contributed by atoms with Gasteiger partial charge in [-0.1, -0.05) is 11.6 Å². The van der Waals surface area contributed by atoms with E-state index in [1.165, 1.54) is 6.92 Å². The molecule has 3 aromatic rings. The molecule has 0 aliphatic rings. The van der Waals surface area contributed by atoms with Crippen LogP contribution in [0.1, 0.15) is 18.4 Å². The number of hydrogen-bond donors (Lipinski definition) is 1. The Kier molecular flexibility index (Phi) is 4.21. The van der Waals surface area contributed by atoms with Gasteiger partial charge in [-0.25, -0.2) is 4.98 Å². The lowest BCUT2D eigenvalue weighted by Crippen LogP contribution is -2.07. The van der Waals surface area contributed by atoms with E-state index in [1.54, 1.807) is 30.3 Å². The van der Waals surface area contributed by atoms with E-state index in [0.29, 0.717) is 27.8 Å². The van der Waals surface area contributed by atoms with Gasteiger partial charge in [-0.2, -0.15) is 0 Å². The first-order valence-electron chi connectivity index (χ1n) is 7.07. The highest BCUT2D eigenvalue weighted by atomic mass is 35.5. The number of aryl methyl sites for hydroxylation is 1. The minimum absolute atomic E-state index is 0.105. The number of anilines is 1. The first-order chi connectivity index (χ1) is 11.0. The Bertz CT molecular complexity index is 873. The molecule has 0 fully saturated rings. The summed E-state index contributed by atoms with van der Waals surface area (Å²) in [5.41, 5.74) is 3.06. The van der Waals surface area contributed by atoms with Gasteiger partial charge in [-0.05, 0) is 48.9 Å². The molecule has 118 valence electrons. The van der Waals surface area contributed by atoms with E-state index >= 15 is 0 Å². The number of hydrogen-bond acceptors (Lipinski definition) is 4. The number of halogens is 1. The fourth-order valence-corrected chi connectivity index (χ4v) is 2.38. The van der Waals surface area contributed by atoms with Gasteiger partial charge in [0.05, 0.1) is 0 Å². The second kappa shape index (κ2) is 6.30. The van der Waals surface area contributed by atoms with Gasteiger partial charge in [0, 0.05) is 17.6 Å². The maximum atomic E-state index is 11.1. The summed E-state index contributed by atoms with van der Waals surface area (Å²) in [5, 5.41) is 3.37. The Labute approximate surface area is 138 Å². The van der Waals surface area contributed by atoms with Gasteiger partial charge < -0.3 is 14.5 Å². The van der Waals surface area contributed by atoms with Crippen molar-refractivity contribution in [2.75, 3.05) is 5.32 Å². The molecular weight excluding hydrogens is 316 g/mol. The van der Waals surface area contributed by atoms with Gasteiger partial charge in [-0.15, -0.1) is 0 Å². The number of aromatic nitrogens is 1. The molecule has 0 spiro atoms. The third kappa shape index (κ3) is 3.63. The number of benzene rings is 2. The molecule has 5 nitrogen and oxygen atoms in total. The minimum Gasteiger partial charge on any atom is -0.484 e. The topological polar surface area (TPSA) is 64.4 Å². The molecule has 0 aliphatic heterocycles. The molecular formula is C17H15ClN2O3. The van der Waals surface area contributed by atoms with Gasteiger partial charge in [0.1, 0.15) is 11.3 Å². The zero-order chi connectivity index (χ0) is 16.4. The van der Waals surface area contributed by atoms with E-state index in [2.05, 4.69) is 10.3 Å². The third-order valence-electron chi connectivity index (χ3n) is 3.26. The summed E-state index contributed by atoms with van der Waals surface area (Å²) >= 11 is 5.93. The molecule has 0 bridgehead atoms. The van der Waals surface area contributed by atoms with E-state index in [0.717, 1.165) is 11.3 Å². The van der Waals surface area contributed by atoms with Crippen molar-refractivity contribution >= 4 is 34.3 Å². The number of rotatable bonds is 4. The minimum atomic E-state index is -0.105. The fourth-order valence-electron chi connectivity index (χ4n) is 2.21. The second-order valence-electron chi connectivity index (χ2n) is 5.17. The largest absolute Gasteiger partial charge is 0.484 e. The number of oxazole rings is 1. The maximum Gasteiger partial charge on any atom is 0.233 e. The molecule has 0 saturated heterocycles. The van der Waals surface area contributed by atoms with Gasteiger partial charge in [-0.3, -0.25) is 4.79 Å². The van der Waals surface area contributed by atoms with Crippen molar-refractivity contribution in [3.05, 3.63) is 52.9 Å². The molecule has 0 radical (unpaired) electrons. The summed E-state index contributed by atoms with van der Waals surface area (Å²) in [4.78, 5) is 15.4. The Balaban J connectivity index is 1.71. The van der Waals surface area contributed by atoms with Gasteiger partial charge in [0.2, 0.25) is 11.8 Å². The molecule has 0 aliphatic carbocycles. The van der Waals surface area contributed by atoms with Gasteiger partial charge in [0.25, 0.3) is 0 Å². The monoisotopic (exact) mass is 330 g/mol. The lowest BCUT2D eigenvalue weighted by molar-refractivity contribution is -0.114. The molecule has 3 rings (SSSR count). The number of fused-ring (bicyclic) bond motifs is 1. The van der Waals surface area contributed by atoms with Crippen LogP contribution in [0.5, 0.6) is 5.75 Å². The van der Waals surface area contributed by atoms with Crippen LogP contribution in [-0.2, 0) is 11.4 Å². The summed E-state index contributed by atoms with van der Waals surface area (Å²) < 4.78 is 11.3. The van der Waals surface area contributed by atoms with Crippen molar-refractivity contribution in [2.24, 2.45) is 0 Å². The van der Waals surface area contributed by atoms with Crippen LogP contribution in [0.3, 0.4) is 0 Å². The Morgan fingerprint density at radius 3 is 2.87 bits per heavy atom. The molecule has 1 aromatic heterocycles. The predicted octanol–water partition coefficient (Wildman–Crippen LogP) is 4.33. The van der Waals surface area contributed by atoms with Crippen molar-refractivity contribution in [1.82, 2.24) is 4.98 Å². The van der Waals surface area contributed by atoms with E-state index in [1.807, 2.05) is 13.0 Å². The highest BCUT2D eigenvalue weighted by Crippen LogP contribution is 2.24. The molecule has 6 heteroatoms. The van der Waals surface area contributed by atoms with E-state index in [9.17, 15) is 4.79 Å². The predicted molar refractivity (Wildman–Crippen MR) is 88.8 cm³/mol. The number of nitrogens with zero attached hydrogens (tertiary/aromatic N) is 1. The Morgan fingerprint density at radius 2 is 2.13 bits per heavy atom. The molecule has 1 amide bonds. The Hall–Kier alpha value is -2.53. The van der Waals surface area contributed by atoms with E-state index in [-0.39, 0.29) is 12.5 Å². The lowest BCUT2D eigenvalue weighted by Gasteiger charge is -2.09. The number of ether oxygens (including phenoxy) is 1. The van der Waals surface area contributed by atoms with Crippen LogP contribution in [0, 0.1) is 6.92 Å². The first-order valence-corrected chi connectivity index (χ1v) is 7.45. The molecule has 0 saturated carbocycles. The van der Waals surface area contributed by atoms with Gasteiger partial charge in [0.15, 0.2) is 12.2 Å².